The Morgan fingerprint density at radius 3 is 2.64 bits per heavy atom. The number of tetrazole rings is 1. The summed E-state index contributed by atoms with van der Waals surface area (Å²) < 4.78 is 10.7. The number of carbonyl (C=O) groups is 1. The summed E-state index contributed by atoms with van der Waals surface area (Å²) in [6, 6.07) is 5.75. The number of methoxy groups -OCH3 is 2. The van der Waals surface area contributed by atoms with Gasteiger partial charge in [0.2, 0.25) is 5.91 Å². The molecule has 0 bridgehead atoms. The molecule has 1 aliphatic carbocycles. The van der Waals surface area contributed by atoms with E-state index in [-0.39, 0.29) is 5.91 Å². The third kappa shape index (κ3) is 3.42. The summed E-state index contributed by atoms with van der Waals surface area (Å²) >= 11 is 0. The highest BCUT2D eigenvalue weighted by Gasteiger charge is 2.42. The summed E-state index contributed by atoms with van der Waals surface area (Å²) in [7, 11) is 3.21. The van der Waals surface area contributed by atoms with Crippen LogP contribution in [0.1, 0.15) is 37.1 Å². The summed E-state index contributed by atoms with van der Waals surface area (Å²) in [4.78, 5) is 13.0. The number of aromatic amines is 1. The largest absolute Gasteiger partial charge is 0.493 e. The van der Waals surface area contributed by atoms with Gasteiger partial charge in [-0.1, -0.05) is 24.1 Å². The van der Waals surface area contributed by atoms with Crippen LogP contribution in [0.15, 0.2) is 18.2 Å². The molecule has 3 rings (SSSR count). The average Bonchev–Trinajstić information content (AvgIpc) is 3.33. The summed E-state index contributed by atoms with van der Waals surface area (Å²) in [6.45, 7) is 0.480. The van der Waals surface area contributed by atoms with E-state index in [1.54, 1.807) is 14.2 Å². The van der Waals surface area contributed by atoms with E-state index < -0.39 is 5.41 Å². The van der Waals surface area contributed by atoms with Gasteiger partial charge in [-0.3, -0.25) is 4.79 Å². The van der Waals surface area contributed by atoms with Crippen molar-refractivity contribution < 1.29 is 14.3 Å². The lowest BCUT2D eigenvalue weighted by molar-refractivity contribution is -0.126. The molecule has 0 unspecified atom stereocenters. The van der Waals surface area contributed by atoms with Gasteiger partial charge >= 0.3 is 0 Å². The molecule has 1 aliphatic rings. The Labute approximate surface area is 146 Å². The second-order valence-corrected chi connectivity index (χ2v) is 6.19. The van der Waals surface area contributed by atoms with Gasteiger partial charge in [0.05, 0.1) is 19.6 Å². The van der Waals surface area contributed by atoms with Crippen molar-refractivity contribution in [2.75, 3.05) is 20.8 Å². The first kappa shape index (κ1) is 17.2. The van der Waals surface area contributed by atoms with Crippen molar-refractivity contribution in [2.45, 2.75) is 37.5 Å². The van der Waals surface area contributed by atoms with Gasteiger partial charge < -0.3 is 14.8 Å². The molecule has 1 heterocycles. The minimum absolute atomic E-state index is 0.0423. The zero-order chi connectivity index (χ0) is 17.7. The van der Waals surface area contributed by atoms with Gasteiger partial charge in [0, 0.05) is 13.0 Å². The third-order valence-electron chi connectivity index (χ3n) is 4.85. The highest BCUT2D eigenvalue weighted by atomic mass is 16.5. The van der Waals surface area contributed by atoms with Gasteiger partial charge in [-0.05, 0) is 30.5 Å². The number of rotatable bonds is 7. The Kier molecular flexibility index (Phi) is 5.16. The molecule has 0 spiro atoms. The van der Waals surface area contributed by atoms with Crippen LogP contribution >= 0.6 is 0 Å². The van der Waals surface area contributed by atoms with Crippen LogP contribution in [-0.4, -0.2) is 47.3 Å². The Hall–Kier alpha value is -2.64. The minimum Gasteiger partial charge on any atom is -0.493 e. The molecule has 8 nitrogen and oxygen atoms in total. The van der Waals surface area contributed by atoms with Crippen LogP contribution in [0.25, 0.3) is 0 Å². The molecule has 1 fully saturated rings. The van der Waals surface area contributed by atoms with Crippen LogP contribution in [0.3, 0.4) is 0 Å². The van der Waals surface area contributed by atoms with Crippen molar-refractivity contribution in [3.8, 4) is 11.5 Å². The monoisotopic (exact) mass is 345 g/mol. The number of H-pyrrole nitrogens is 1. The number of hydrogen-bond acceptors (Lipinski definition) is 6. The van der Waals surface area contributed by atoms with Gasteiger partial charge in [-0.2, -0.15) is 5.21 Å². The van der Waals surface area contributed by atoms with E-state index in [0.29, 0.717) is 30.3 Å². The van der Waals surface area contributed by atoms with E-state index >= 15 is 0 Å². The topological polar surface area (TPSA) is 102 Å². The van der Waals surface area contributed by atoms with Gasteiger partial charge in [0.15, 0.2) is 17.3 Å². The number of benzene rings is 1. The van der Waals surface area contributed by atoms with E-state index in [4.69, 9.17) is 9.47 Å². The molecule has 1 saturated carbocycles. The molecule has 1 amide bonds. The maximum atomic E-state index is 13.0. The van der Waals surface area contributed by atoms with E-state index in [1.807, 2.05) is 18.2 Å². The Bertz CT molecular complexity index is 711. The fraction of sp³-hybridized carbons (Fsp3) is 0.529. The number of hydrogen-bond donors (Lipinski definition) is 2. The number of aromatic nitrogens is 4. The molecule has 0 aliphatic heterocycles. The van der Waals surface area contributed by atoms with Gasteiger partial charge in [-0.25, -0.2) is 0 Å². The third-order valence-corrected chi connectivity index (χ3v) is 4.85. The maximum absolute atomic E-state index is 13.0. The number of carbonyl (C=O) groups excluding carboxylic acids is 1. The molecule has 0 radical (unpaired) electrons. The standard InChI is InChI=1S/C17H23N5O3/c1-24-13-6-5-12(11-14(13)25-2)17(8-3-4-9-17)16(23)18-10-7-15-19-21-22-20-15/h5-6,11H,3-4,7-10H2,1-2H3,(H,18,23)(H,19,20,21,22). The summed E-state index contributed by atoms with van der Waals surface area (Å²) in [5.41, 5.74) is 0.455. The first-order valence-electron chi connectivity index (χ1n) is 8.43. The lowest BCUT2D eigenvalue weighted by atomic mass is 9.77. The highest BCUT2D eigenvalue weighted by molar-refractivity contribution is 5.88. The van der Waals surface area contributed by atoms with Gasteiger partial charge in [-0.15, -0.1) is 10.2 Å². The van der Waals surface area contributed by atoms with Crippen LogP contribution < -0.4 is 14.8 Å². The molecular formula is C17H23N5O3. The first-order chi connectivity index (χ1) is 12.2. The zero-order valence-corrected chi connectivity index (χ0v) is 14.5. The normalized spacial score (nSPS) is 15.8. The fourth-order valence-corrected chi connectivity index (χ4v) is 3.50. The number of ether oxygens (including phenoxy) is 2. The van der Waals surface area contributed by atoms with Gasteiger partial charge in [0.1, 0.15) is 0 Å². The molecular weight excluding hydrogens is 322 g/mol. The second kappa shape index (κ2) is 7.50. The van der Waals surface area contributed by atoms with Crippen LogP contribution in [0.2, 0.25) is 0 Å². The Balaban J connectivity index is 1.77. The summed E-state index contributed by atoms with van der Waals surface area (Å²) in [5.74, 6) is 1.94. The average molecular weight is 345 g/mol. The molecule has 134 valence electrons. The highest BCUT2D eigenvalue weighted by Crippen LogP contribution is 2.43. The van der Waals surface area contributed by atoms with Crippen molar-refractivity contribution in [2.24, 2.45) is 0 Å². The predicted molar refractivity (Wildman–Crippen MR) is 90.6 cm³/mol. The molecule has 1 aromatic heterocycles. The molecule has 0 saturated heterocycles. The quantitative estimate of drug-likeness (QED) is 0.786. The molecule has 2 N–H and O–H groups in total. The van der Waals surface area contributed by atoms with Crippen molar-refractivity contribution >= 4 is 5.91 Å². The summed E-state index contributed by atoms with van der Waals surface area (Å²) in [5, 5.41) is 16.8. The first-order valence-corrected chi connectivity index (χ1v) is 8.43. The molecule has 2 aromatic rings. The number of nitrogens with zero attached hydrogens (tertiary/aromatic N) is 3. The Morgan fingerprint density at radius 1 is 1.24 bits per heavy atom. The SMILES string of the molecule is COc1ccc(C2(C(=O)NCCc3nn[nH]n3)CCCC2)cc1OC. The maximum Gasteiger partial charge on any atom is 0.230 e. The van der Waals surface area contributed by atoms with Crippen molar-refractivity contribution in [1.29, 1.82) is 0 Å². The summed E-state index contributed by atoms with van der Waals surface area (Å²) in [6.07, 6.45) is 4.27. The van der Waals surface area contributed by atoms with Crippen molar-refractivity contribution in [3.05, 3.63) is 29.6 Å². The lowest BCUT2D eigenvalue weighted by Crippen LogP contribution is -2.43. The molecule has 0 atom stereocenters. The van der Waals surface area contributed by atoms with Crippen molar-refractivity contribution in [1.82, 2.24) is 25.9 Å². The van der Waals surface area contributed by atoms with Crippen LogP contribution in [0, 0.1) is 0 Å². The van der Waals surface area contributed by atoms with Crippen molar-refractivity contribution in [3.63, 3.8) is 0 Å². The van der Waals surface area contributed by atoms with E-state index in [2.05, 4.69) is 25.9 Å². The zero-order valence-electron chi connectivity index (χ0n) is 14.5. The molecule has 8 heteroatoms. The number of nitrogens with one attached hydrogen (secondary N) is 2. The smallest absolute Gasteiger partial charge is 0.230 e. The van der Waals surface area contributed by atoms with Crippen LogP contribution in [0.4, 0.5) is 0 Å². The number of amides is 1. The minimum atomic E-state index is -0.517. The second-order valence-electron chi connectivity index (χ2n) is 6.19. The predicted octanol–water partition coefficient (Wildman–Crippen LogP) is 1.39. The van der Waals surface area contributed by atoms with Crippen LogP contribution in [-0.2, 0) is 16.6 Å². The molecule has 25 heavy (non-hydrogen) atoms. The van der Waals surface area contributed by atoms with E-state index in [0.717, 1.165) is 31.2 Å². The fourth-order valence-electron chi connectivity index (χ4n) is 3.50. The van der Waals surface area contributed by atoms with Gasteiger partial charge in [0.25, 0.3) is 0 Å². The van der Waals surface area contributed by atoms with E-state index in [1.165, 1.54) is 0 Å². The molecule has 1 aromatic carbocycles. The van der Waals surface area contributed by atoms with Crippen LogP contribution in [0.5, 0.6) is 11.5 Å². The lowest BCUT2D eigenvalue weighted by Gasteiger charge is -2.29. The Morgan fingerprint density at radius 2 is 2.00 bits per heavy atom. The van der Waals surface area contributed by atoms with E-state index in [9.17, 15) is 4.79 Å².